The number of hydrogen-bond donors (Lipinski definition) is 5. The molecule has 0 aromatic rings. The molecule has 1 rings (SSSR count). The van der Waals surface area contributed by atoms with Crippen LogP contribution in [0.2, 0.25) is 0 Å². The molecule has 0 aliphatic carbocycles. The number of aliphatic hydroxyl groups excluding tert-OH is 5. The highest BCUT2D eigenvalue weighted by molar-refractivity contribution is 5.75. The molecule has 0 aromatic heterocycles. The summed E-state index contributed by atoms with van der Waals surface area (Å²) in [4.78, 5) is 10.9. The van der Waals surface area contributed by atoms with Gasteiger partial charge < -0.3 is 39.8 Å². The summed E-state index contributed by atoms with van der Waals surface area (Å²) in [7, 11) is 0. The van der Waals surface area contributed by atoms with E-state index in [2.05, 4.69) is 0 Å². The van der Waals surface area contributed by atoms with Crippen molar-refractivity contribution in [2.24, 2.45) is 0 Å². The van der Waals surface area contributed by atoms with E-state index in [4.69, 9.17) is 9.47 Å². The van der Waals surface area contributed by atoms with Crippen LogP contribution in [-0.4, -0.2) is 81.3 Å². The zero-order valence-corrected chi connectivity index (χ0v) is 26.8. The predicted molar refractivity (Wildman–Crippen MR) is 167 cm³/mol. The lowest BCUT2D eigenvalue weighted by molar-refractivity contribution is -0.301. The molecule has 0 unspecified atom stereocenters. The molecule has 1 aliphatic rings. The summed E-state index contributed by atoms with van der Waals surface area (Å²) in [6.45, 7) is 1.37. The molecule has 250 valence electrons. The Balaban J connectivity index is 1.78. The molecule has 0 radical (unpaired) electrons. The van der Waals surface area contributed by atoms with Crippen molar-refractivity contribution in [3.8, 4) is 0 Å². The highest BCUT2D eigenvalue weighted by Crippen LogP contribution is 2.22. The van der Waals surface area contributed by atoms with Gasteiger partial charge in [-0.15, -0.1) is 0 Å². The Kier molecular flexibility index (Phi) is 25.1. The number of rotatable bonds is 29. The second-order valence-electron chi connectivity index (χ2n) is 12.7. The van der Waals surface area contributed by atoms with Gasteiger partial charge in [0.05, 0.1) is 19.3 Å². The normalized spacial score (nSPS) is 23.3. The third-order valence-corrected chi connectivity index (χ3v) is 8.65. The summed E-state index contributed by atoms with van der Waals surface area (Å²) >= 11 is 0. The molecule has 1 fully saturated rings. The predicted octanol–water partition coefficient (Wildman–Crippen LogP) is 6.12. The second kappa shape index (κ2) is 26.8. The van der Waals surface area contributed by atoms with E-state index in [9.17, 15) is 30.3 Å². The molecular weight excluding hydrogens is 536 g/mol. The highest BCUT2D eigenvalue weighted by Gasteiger charge is 2.43. The van der Waals surface area contributed by atoms with Crippen molar-refractivity contribution < 1.29 is 39.8 Å². The zero-order chi connectivity index (χ0) is 30.8. The maximum absolute atomic E-state index is 10.9. The van der Waals surface area contributed by atoms with Crippen LogP contribution < -0.4 is 0 Å². The number of aliphatic hydroxyl groups is 5. The number of ketones is 1. The molecule has 42 heavy (non-hydrogen) atoms. The van der Waals surface area contributed by atoms with Crippen molar-refractivity contribution in [3.05, 3.63) is 0 Å². The third-order valence-electron chi connectivity index (χ3n) is 8.65. The van der Waals surface area contributed by atoms with Gasteiger partial charge in [0.2, 0.25) is 0 Å². The van der Waals surface area contributed by atoms with E-state index < -0.39 is 43.4 Å². The van der Waals surface area contributed by atoms with Crippen molar-refractivity contribution >= 4 is 5.78 Å². The molecule has 8 heteroatoms. The first-order valence-corrected chi connectivity index (χ1v) is 17.5. The van der Waals surface area contributed by atoms with E-state index in [1.807, 2.05) is 0 Å². The lowest BCUT2D eigenvalue weighted by Gasteiger charge is -2.39. The number of unbranched alkanes of at least 4 members (excludes halogenated alkanes) is 20. The van der Waals surface area contributed by atoms with Gasteiger partial charge in [0.15, 0.2) is 6.29 Å². The van der Waals surface area contributed by atoms with Gasteiger partial charge in [0.25, 0.3) is 0 Å². The number of hydrogen-bond acceptors (Lipinski definition) is 8. The van der Waals surface area contributed by atoms with E-state index >= 15 is 0 Å². The largest absolute Gasteiger partial charge is 0.394 e. The van der Waals surface area contributed by atoms with Crippen LogP contribution in [0.1, 0.15) is 161 Å². The Morgan fingerprint density at radius 2 is 1.02 bits per heavy atom. The van der Waals surface area contributed by atoms with Gasteiger partial charge in [0.1, 0.15) is 30.2 Å². The average molecular weight is 603 g/mol. The van der Waals surface area contributed by atoms with Crippen molar-refractivity contribution in [2.75, 3.05) is 13.2 Å². The quantitative estimate of drug-likeness (QED) is 0.0647. The number of ether oxygens (including phenoxy) is 2. The van der Waals surface area contributed by atoms with Gasteiger partial charge in [-0.3, -0.25) is 0 Å². The zero-order valence-electron chi connectivity index (χ0n) is 26.8. The Bertz CT molecular complexity index is 616. The van der Waals surface area contributed by atoms with Crippen LogP contribution in [0.15, 0.2) is 0 Å². The molecule has 0 spiro atoms. The summed E-state index contributed by atoms with van der Waals surface area (Å²) in [6.07, 6.45) is 22.3. The van der Waals surface area contributed by atoms with Gasteiger partial charge in [-0.05, 0) is 26.2 Å². The molecule has 0 saturated carbocycles. The first-order chi connectivity index (χ1) is 20.4. The van der Waals surface area contributed by atoms with E-state index in [0.717, 1.165) is 25.7 Å². The molecule has 0 bridgehead atoms. The fourth-order valence-corrected chi connectivity index (χ4v) is 5.78. The molecule has 6 atom stereocenters. The van der Waals surface area contributed by atoms with Gasteiger partial charge in [0, 0.05) is 6.42 Å². The van der Waals surface area contributed by atoms with Gasteiger partial charge in [-0.25, -0.2) is 0 Å². The van der Waals surface area contributed by atoms with E-state index in [1.165, 1.54) is 116 Å². The van der Waals surface area contributed by atoms with Crippen molar-refractivity contribution in [2.45, 2.75) is 198 Å². The van der Waals surface area contributed by atoms with Gasteiger partial charge >= 0.3 is 0 Å². The SMILES string of the molecule is CC(=O)CCCCCCCCCCCCCCCCCCCCCCC[C@@H](O)CCO[C@H]1O[C@H](CO)[C@@H](O)[C@@H](O)[C@H]1O. The van der Waals surface area contributed by atoms with Crippen LogP contribution in [0.25, 0.3) is 0 Å². The Hall–Kier alpha value is -0.610. The molecule has 5 N–H and O–H groups in total. The van der Waals surface area contributed by atoms with E-state index in [0.29, 0.717) is 18.6 Å². The lowest BCUT2D eigenvalue weighted by Crippen LogP contribution is -2.59. The minimum absolute atomic E-state index is 0.163. The fourth-order valence-electron chi connectivity index (χ4n) is 5.78. The minimum atomic E-state index is -1.45. The second-order valence-corrected chi connectivity index (χ2v) is 12.7. The highest BCUT2D eigenvalue weighted by atomic mass is 16.7. The third kappa shape index (κ3) is 20.4. The van der Waals surface area contributed by atoms with Crippen LogP contribution in [0.5, 0.6) is 0 Å². The van der Waals surface area contributed by atoms with E-state index in [-0.39, 0.29) is 6.61 Å². The van der Waals surface area contributed by atoms with Crippen molar-refractivity contribution in [3.63, 3.8) is 0 Å². The molecule has 0 amide bonds. The monoisotopic (exact) mass is 602 g/mol. The molecular formula is C34H66O8. The fraction of sp³-hybridized carbons (Fsp3) is 0.971. The standard InChI is InChI=1S/C34H66O8/c1-28(36)23-21-19-17-15-13-11-9-7-5-3-2-4-6-8-10-12-14-16-18-20-22-24-29(37)25-26-41-34-33(40)32(39)31(38)30(27-35)42-34/h29-35,37-40H,2-27H2,1H3/t29-,30-,31-,32-,33-,34+/m1/s1. The molecule has 1 heterocycles. The van der Waals surface area contributed by atoms with Crippen LogP contribution >= 0.6 is 0 Å². The summed E-state index contributed by atoms with van der Waals surface area (Å²) in [5, 5.41) is 49.0. The summed E-state index contributed by atoms with van der Waals surface area (Å²) in [6, 6.07) is 0. The lowest BCUT2D eigenvalue weighted by atomic mass is 9.99. The number of Topliss-reactive ketones (excluding diaryl/α,β-unsaturated/α-hetero) is 1. The van der Waals surface area contributed by atoms with Crippen molar-refractivity contribution in [1.29, 1.82) is 0 Å². The van der Waals surface area contributed by atoms with Gasteiger partial charge in [-0.2, -0.15) is 0 Å². The average Bonchev–Trinajstić information content (AvgIpc) is 2.97. The van der Waals surface area contributed by atoms with Crippen LogP contribution in [0, 0.1) is 0 Å². The maximum atomic E-state index is 10.9. The van der Waals surface area contributed by atoms with E-state index in [1.54, 1.807) is 6.92 Å². The van der Waals surface area contributed by atoms with Crippen LogP contribution in [-0.2, 0) is 14.3 Å². The Morgan fingerprint density at radius 3 is 1.43 bits per heavy atom. The van der Waals surface area contributed by atoms with Crippen molar-refractivity contribution in [1.82, 2.24) is 0 Å². The molecule has 0 aromatic carbocycles. The topological polar surface area (TPSA) is 137 Å². The van der Waals surface area contributed by atoms with Crippen LogP contribution in [0.3, 0.4) is 0 Å². The number of carbonyl (C=O) groups excluding carboxylic acids is 1. The van der Waals surface area contributed by atoms with Gasteiger partial charge in [-0.1, -0.05) is 128 Å². The maximum Gasteiger partial charge on any atom is 0.186 e. The Morgan fingerprint density at radius 1 is 0.619 bits per heavy atom. The smallest absolute Gasteiger partial charge is 0.186 e. The first-order valence-electron chi connectivity index (χ1n) is 17.5. The number of carbonyl (C=O) groups is 1. The molecule has 1 aliphatic heterocycles. The summed E-state index contributed by atoms with van der Waals surface area (Å²) < 4.78 is 10.8. The summed E-state index contributed by atoms with van der Waals surface area (Å²) in [5.74, 6) is 0.326. The molecule has 8 nitrogen and oxygen atoms in total. The van der Waals surface area contributed by atoms with Crippen LogP contribution in [0.4, 0.5) is 0 Å². The minimum Gasteiger partial charge on any atom is -0.394 e. The molecule has 1 saturated heterocycles. The Labute approximate surface area is 256 Å². The summed E-state index contributed by atoms with van der Waals surface area (Å²) in [5.41, 5.74) is 0. The first kappa shape index (κ1) is 39.4.